The lowest BCUT2D eigenvalue weighted by atomic mass is 10.1. The van der Waals surface area contributed by atoms with Crippen LogP contribution in [0, 0.1) is 24.0 Å². The van der Waals surface area contributed by atoms with E-state index in [1.54, 1.807) is 19.1 Å². The number of carbonyl (C=O) groups is 3. The summed E-state index contributed by atoms with van der Waals surface area (Å²) in [6, 6.07) is 11.5. The highest BCUT2D eigenvalue weighted by atomic mass is 32.2. The molecule has 0 aromatic heterocycles. The van der Waals surface area contributed by atoms with Crippen LogP contribution in [-0.2, 0) is 15.8 Å². The number of nitro benzene ring substituents is 1. The van der Waals surface area contributed by atoms with Gasteiger partial charge in [-0.05, 0) is 91.7 Å². The summed E-state index contributed by atoms with van der Waals surface area (Å²) in [6.45, 7) is 5.13. The average Bonchev–Trinajstić information content (AvgIpc) is 3.19. The number of nitro groups is 1. The molecule has 1 N–H and O–H groups in total. The fourth-order valence-electron chi connectivity index (χ4n) is 3.96. The van der Waals surface area contributed by atoms with E-state index in [4.69, 9.17) is 9.47 Å². The van der Waals surface area contributed by atoms with Crippen LogP contribution in [0.4, 0.5) is 29.3 Å². The number of benzene rings is 3. The molecule has 0 saturated carbocycles. The zero-order chi connectivity index (χ0) is 31.5. The Balaban J connectivity index is 1.53. The summed E-state index contributed by atoms with van der Waals surface area (Å²) >= 11 is 0.643. The maximum atomic E-state index is 13.1. The summed E-state index contributed by atoms with van der Waals surface area (Å²) in [5.74, 6) is -1.62. The van der Waals surface area contributed by atoms with E-state index in [0.717, 1.165) is 22.1 Å². The molecule has 0 aliphatic carbocycles. The van der Waals surface area contributed by atoms with Gasteiger partial charge in [-0.25, -0.2) is 0 Å². The van der Waals surface area contributed by atoms with E-state index >= 15 is 0 Å². The third kappa shape index (κ3) is 7.33. The number of nitrogens with one attached hydrogen (secondary N) is 1. The molecule has 43 heavy (non-hydrogen) atoms. The quantitative estimate of drug-likeness (QED) is 0.153. The molecule has 3 aromatic rings. The van der Waals surface area contributed by atoms with E-state index in [2.05, 4.69) is 5.32 Å². The monoisotopic (exact) mass is 615 g/mol. The number of carbonyl (C=O) groups excluding carboxylic acids is 3. The van der Waals surface area contributed by atoms with Crippen molar-refractivity contribution in [1.82, 2.24) is 4.90 Å². The van der Waals surface area contributed by atoms with Gasteiger partial charge < -0.3 is 14.8 Å². The van der Waals surface area contributed by atoms with E-state index in [1.165, 1.54) is 24.3 Å². The van der Waals surface area contributed by atoms with Crippen LogP contribution in [0.25, 0.3) is 6.08 Å². The average molecular weight is 616 g/mol. The van der Waals surface area contributed by atoms with Gasteiger partial charge in [-0.1, -0.05) is 12.1 Å². The predicted molar refractivity (Wildman–Crippen MR) is 153 cm³/mol. The van der Waals surface area contributed by atoms with Crippen molar-refractivity contribution in [2.24, 2.45) is 0 Å². The highest BCUT2D eigenvalue weighted by molar-refractivity contribution is 8.18. The van der Waals surface area contributed by atoms with Crippen molar-refractivity contribution in [2.45, 2.75) is 26.9 Å². The SMILES string of the molecule is CCOc1cc(/C=C2/SC(=O)N(CC(=O)Nc3ccc(C)c(C)c3)C2=O)ccc1Oc1ccc(C(F)(F)F)cc1[N+](=O)[O-]. The first-order valence-electron chi connectivity index (χ1n) is 12.7. The fraction of sp³-hybridized carbons (Fsp3) is 0.207. The molecular weight excluding hydrogens is 591 g/mol. The molecule has 1 saturated heterocycles. The Hall–Kier alpha value is -4.85. The largest absolute Gasteiger partial charge is 0.490 e. The number of thioether (sulfide) groups is 1. The number of aryl methyl sites for hydroxylation is 2. The number of halogens is 3. The van der Waals surface area contributed by atoms with Crippen molar-refractivity contribution < 1.29 is 42.0 Å². The van der Waals surface area contributed by atoms with E-state index < -0.39 is 51.7 Å². The molecule has 224 valence electrons. The Morgan fingerprint density at radius 3 is 2.40 bits per heavy atom. The van der Waals surface area contributed by atoms with Crippen molar-refractivity contribution in [1.29, 1.82) is 0 Å². The second-order valence-corrected chi connectivity index (χ2v) is 10.3. The molecule has 10 nitrogen and oxygen atoms in total. The molecule has 0 spiro atoms. The van der Waals surface area contributed by atoms with Gasteiger partial charge in [0.1, 0.15) is 6.54 Å². The highest BCUT2D eigenvalue weighted by Crippen LogP contribution is 2.41. The Labute approximate surface area is 247 Å². The standard InChI is InChI=1S/C29H24F3N3O7S/c1-4-41-24-12-18(6-9-23(24)42-22-10-7-19(29(30,31)32)14-21(22)35(39)40)13-25-27(37)34(28(38)43-25)15-26(36)33-20-8-5-16(2)17(3)11-20/h5-14H,4,15H2,1-3H3,(H,33,36)/b25-13+. The van der Waals surface area contributed by atoms with Gasteiger partial charge in [0.25, 0.3) is 11.1 Å². The van der Waals surface area contributed by atoms with E-state index in [1.807, 2.05) is 19.9 Å². The topological polar surface area (TPSA) is 128 Å². The second kappa shape index (κ2) is 12.6. The molecule has 4 rings (SSSR count). The summed E-state index contributed by atoms with van der Waals surface area (Å²) in [4.78, 5) is 49.4. The van der Waals surface area contributed by atoms with Crippen molar-refractivity contribution in [3.8, 4) is 17.2 Å². The number of imide groups is 1. The minimum Gasteiger partial charge on any atom is -0.490 e. The molecule has 0 bridgehead atoms. The van der Waals surface area contributed by atoms with Gasteiger partial charge in [-0.2, -0.15) is 13.2 Å². The van der Waals surface area contributed by atoms with E-state index in [9.17, 15) is 37.7 Å². The molecule has 14 heteroatoms. The Bertz CT molecular complexity index is 1660. The van der Waals surface area contributed by atoms with Crippen LogP contribution in [-0.4, -0.2) is 40.0 Å². The summed E-state index contributed by atoms with van der Waals surface area (Å²) < 4.78 is 50.3. The molecule has 1 aliphatic rings. The lowest BCUT2D eigenvalue weighted by Gasteiger charge is -2.14. The minimum absolute atomic E-state index is 0.0297. The van der Waals surface area contributed by atoms with Crippen LogP contribution in [0.5, 0.6) is 17.2 Å². The normalized spacial score (nSPS) is 14.3. The van der Waals surface area contributed by atoms with Gasteiger partial charge >= 0.3 is 11.9 Å². The third-order valence-electron chi connectivity index (χ3n) is 6.23. The summed E-state index contributed by atoms with van der Waals surface area (Å²) in [7, 11) is 0. The Morgan fingerprint density at radius 1 is 1.02 bits per heavy atom. The molecule has 1 fully saturated rings. The number of alkyl halides is 3. The van der Waals surface area contributed by atoms with Gasteiger partial charge in [0.2, 0.25) is 11.7 Å². The molecule has 0 unspecified atom stereocenters. The number of rotatable bonds is 9. The lowest BCUT2D eigenvalue weighted by molar-refractivity contribution is -0.385. The van der Waals surface area contributed by atoms with Gasteiger partial charge in [-0.3, -0.25) is 29.4 Å². The fourth-order valence-corrected chi connectivity index (χ4v) is 4.80. The van der Waals surface area contributed by atoms with Gasteiger partial charge in [0.15, 0.2) is 11.5 Å². The Morgan fingerprint density at radius 2 is 1.74 bits per heavy atom. The van der Waals surface area contributed by atoms with Crippen LogP contribution in [0.3, 0.4) is 0 Å². The highest BCUT2D eigenvalue weighted by Gasteiger charge is 2.36. The zero-order valence-electron chi connectivity index (χ0n) is 23.0. The first kappa shape index (κ1) is 31.1. The number of anilines is 1. The number of amides is 3. The number of hydrogen-bond donors (Lipinski definition) is 1. The number of ether oxygens (including phenoxy) is 2. The van der Waals surface area contributed by atoms with Crippen LogP contribution in [0.15, 0.2) is 59.5 Å². The summed E-state index contributed by atoms with van der Waals surface area (Å²) in [5.41, 5.74) is 0.834. The third-order valence-corrected chi connectivity index (χ3v) is 7.14. The van der Waals surface area contributed by atoms with Crippen LogP contribution in [0.2, 0.25) is 0 Å². The van der Waals surface area contributed by atoms with E-state index in [-0.39, 0.29) is 23.0 Å². The molecule has 1 aliphatic heterocycles. The van der Waals surface area contributed by atoms with Gasteiger partial charge in [0, 0.05) is 11.8 Å². The van der Waals surface area contributed by atoms with Crippen molar-refractivity contribution in [2.75, 3.05) is 18.5 Å². The lowest BCUT2D eigenvalue weighted by Crippen LogP contribution is -2.36. The van der Waals surface area contributed by atoms with Crippen LogP contribution >= 0.6 is 11.8 Å². The van der Waals surface area contributed by atoms with Gasteiger partial charge in [0.05, 0.1) is 22.0 Å². The second-order valence-electron chi connectivity index (χ2n) is 9.29. The van der Waals surface area contributed by atoms with Crippen LogP contribution < -0.4 is 14.8 Å². The van der Waals surface area contributed by atoms with Crippen molar-refractivity contribution in [3.05, 3.63) is 91.9 Å². The van der Waals surface area contributed by atoms with E-state index in [0.29, 0.717) is 35.1 Å². The number of hydrogen-bond acceptors (Lipinski definition) is 8. The molecule has 1 heterocycles. The van der Waals surface area contributed by atoms with Gasteiger partial charge in [-0.15, -0.1) is 0 Å². The van der Waals surface area contributed by atoms with Crippen LogP contribution in [0.1, 0.15) is 29.2 Å². The molecule has 3 aromatic carbocycles. The maximum Gasteiger partial charge on any atom is 0.416 e. The number of nitrogens with zero attached hydrogens (tertiary/aromatic N) is 2. The van der Waals surface area contributed by atoms with Crippen molar-refractivity contribution in [3.63, 3.8) is 0 Å². The molecule has 3 amide bonds. The molecule has 0 radical (unpaired) electrons. The summed E-state index contributed by atoms with van der Waals surface area (Å²) in [5, 5.41) is 13.5. The predicted octanol–water partition coefficient (Wildman–Crippen LogP) is 7.10. The zero-order valence-corrected chi connectivity index (χ0v) is 23.8. The summed E-state index contributed by atoms with van der Waals surface area (Å²) in [6.07, 6.45) is -3.38. The molecular formula is C29H24F3N3O7S. The smallest absolute Gasteiger partial charge is 0.416 e. The maximum absolute atomic E-state index is 13.1. The first-order chi connectivity index (χ1) is 20.3. The Kier molecular flexibility index (Phi) is 9.09. The minimum atomic E-state index is -4.79. The van der Waals surface area contributed by atoms with Crippen molar-refractivity contribution >= 4 is 46.3 Å². The first-order valence-corrected chi connectivity index (χ1v) is 13.5. The molecule has 0 atom stereocenters.